The molecule has 0 aliphatic rings. The van der Waals surface area contributed by atoms with Gasteiger partial charge in [0, 0.05) is 17.7 Å². The van der Waals surface area contributed by atoms with Crippen molar-refractivity contribution in [2.75, 3.05) is 0 Å². The van der Waals surface area contributed by atoms with E-state index in [1.54, 1.807) is 0 Å². The number of non-ortho nitro benzene ring substituents is 1. The second kappa shape index (κ2) is 5.13. The van der Waals surface area contributed by atoms with Crippen LogP contribution in [0, 0.1) is 10.1 Å². The molecule has 0 radical (unpaired) electrons. The summed E-state index contributed by atoms with van der Waals surface area (Å²) in [4.78, 5) is 21.5. The number of nitro groups is 1. The Labute approximate surface area is 104 Å². The minimum absolute atomic E-state index is 0.0755. The van der Waals surface area contributed by atoms with Crippen LogP contribution in [0.1, 0.15) is 24.2 Å². The number of carbonyl (C=O) groups is 1. The maximum Gasteiger partial charge on any atom is 0.270 e. The van der Waals surface area contributed by atoms with Crippen LogP contribution in [0.4, 0.5) is 5.69 Å². The smallest absolute Gasteiger partial charge is 0.268 e. The third-order valence-corrected chi connectivity index (χ3v) is 3.89. The molecular formula is C10H12N2O5S. The van der Waals surface area contributed by atoms with E-state index in [1.165, 1.54) is 32.0 Å². The van der Waals surface area contributed by atoms with Gasteiger partial charge in [0.1, 0.15) is 0 Å². The molecule has 1 rings (SSSR count). The fourth-order valence-electron chi connectivity index (χ4n) is 1.07. The van der Waals surface area contributed by atoms with Crippen molar-refractivity contribution in [3.05, 3.63) is 39.9 Å². The van der Waals surface area contributed by atoms with Gasteiger partial charge in [-0.1, -0.05) is 6.07 Å². The first-order valence-electron chi connectivity index (χ1n) is 5.04. The van der Waals surface area contributed by atoms with E-state index < -0.39 is 26.1 Å². The molecular weight excluding hydrogens is 260 g/mol. The minimum Gasteiger partial charge on any atom is -0.268 e. The maximum atomic E-state index is 11.6. The Hall–Kier alpha value is -1.96. The molecule has 0 bridgehead atoms. The highest BCUT2D eigenvalue weighted by molar-refractivity contribution is 7.90. The summed E-state index contributed by atoms with van der Waals surface area (Å²) in [5, 5.41) is 9.76. The number of hydrogen-bond donors (Lipinski definition) is 1. The second-order valence-corrected chi connectivity index (χ2v) is 6.07. The van der Waals surface area contributed by atoms with E-state index in [0.29, 0.717) is 0 Å². The van der Waals surface area contributed by atoms with Crippen molar-refractivity contribution in [3.63, 3.8) is 0 Å². The first-order chi connectivity index (χ1) is 8.24. The fourth-order valence-corrected chi connectivity index (χ4v) is 1.68. The van der Waals surface area contributed by atoms with Gasteiger partial charge in [-0.2, -0.15) is 0 Å². The summed E-state index contributed by atoms with van der Waals surface area (Å²) in [5.41, 5.74) is -0.349. The topological polar surface area (TPSA) is 106 Å². The van der Waals surface area contributed by atoms with Gasteiger partial charge in [0.2, 0.25) is 10.0 Å². The van der Waals surface area contributed by atoms with Crippen LogP contribution in [0.5, 0.6) is 0 Å². The average Bonchev–Trinajstić information content (AvgIpc) is 2.28. The lowest BCUT2D eigenvalue weighted by Crippen LogP contribution is -2.35. The predicted octanol–water partition coefficient (Wildman–Crippen LogP) is 1.06. The summed E-state index contributed by atoms with van der Waals surface area (Å²) in [7, 11) is -3.75. The van der Waals surface area contributed by atoms with E-state index in [4.69, 9.17) is 0 Å². The average molecular weight is 272 g/mol. The Balaban J connectivity index is 2.99. The molecule has 0 atom stereocenters. The summed E-state index contributed by atoms with van der Waals surface area (Å²) in [6, 6.07) is 4.85. The molecule has 0 spiro atoms. The van der Waals surface area contributed by atoms with Crippen molar-refractivity contribution >= 4 is 21.6 Å². The fraction of sp³-hybridized carbons (Fsp3) is 0.300. The summed E-state index contributed by atoms with van der Waals surface area (Å²) < 4.78 is 24.8. The van der Waals surface area contributed by atoms with Gasteiger partial charge < -0.3 is 0 Å². The van der Waals surface area contributed by atoms with Crippen LogP contribution in [-0.2, 0) is 10.0 Å². The number of nitro benzene ring substituents is 1. The number of rotatable bonds is 4. The molecule has 1 aromatic rings. The van der Waals surface area contributed by atoms with Crippen molar-refractivity contribution in [1.82, 2.24) is 4.72 Å². The van der Waals surface area contributed by atoms with Crippen LogP contribution in [0.2, 0.25) is 0 Å². The zero-order valence-electron chi connectivity index (χ0n) is 9.78. The van der Waals surface area contributed by atoms with E-state index in [-0.39, 0.29) is 11.3 Å². The van der Waals surface area contributed by atoms with Gasteiger partial charge in [-0.15, -0.1) is 0 Å². The van der Waals surface area contributed by atoms with Crippen LogP contribution in [0.25, 0.3) is 0 Å². The van der Waals surface area contributed by atoms with Crippen LogP contribution >= 0.6 is 0 Å². The SMILES string of the molecule is CC(C)S(=O)(=O)NC(=O)c1cccc([N+](=O)[O-])c1. The summed E-state index contributed by atoms with van der Waals surface area (Å²) in [6.07, 6.45) is 0. The molecule has 0 fully saturated rings. The Morgan fingerprint density at radius 2 is 2.00 bits per heavy atom. The lowest BCUT2D eigenvalue weighted by atomic mass is 10.2. The van der Waals surface area contributed by atoms with Crippen molar-refractivity contribution < 1.29 is 18.1 Å². The van der Waals surface area contributed by atoms with Crippen molar-refractivity contribution in [2.45, 2.75) is 19.1 Å². The number of hydrogen-bond acceptors (Lipinski definition) is 5. The third kappa shape index (κ3) is 3.27. The van der Waals surface area contributed by atoms with Gasteiger partial charge in [0.25, 0.3) is 11.6 Å². The van der Waals surface area contributed by atoms with Gasteiger partial charge in [-0.3, -0.25) is 14.9 Å². The Morgan fingerprint density at radius 1 is 1.39 bits per heavy atom. The summed E-state index contributed by atoms with van der Waals surface area (Å²) in [6.45, 7) is 2.84. The molecule has 1 N–H and O–H groups in total. The Bertz CT molecular complexity index is 580. The zero-order valence-corrected chi connectivity index (χ0v) is 10.6. The van der Waals surface area contributed by atoms with Gasteiger partial charge in [0.05, 0.1) is 10.2 Å². The highest BCUT2D eigenvalue weighted by atomic mass is 32.2. The van der Waals surface area contributed by atoms with E-state index in [2.05, 4.69) is 0 Å². The highest BCUT2D eigenvalue weighted by Crippen LogP contribution is 2.13. The lowest BCUT2D eigenvalue weighted by molar-refractivity contribution is -0.384. The molecule has 98 valence electrons. The number of nitrogens with zero attached hydrogens (tertiary/aromatic N) is 1. The molecule has 0 saturated carbocycles. The number of benzene rings is 1. The van der Waals surface area contributed by atoms with Gasteiger partial charge in [-0.25, -0.2) is 13.1 Å². The maximum absolute atomic E-state index is 11.6. The van der Waals surface area contributed by atoms with Crippen molar-refractivity contribution in [1.29, 1.82) is 0 Å². The first kappa shape index (κ1) is 14.1. The van der Waals surface area contributed by atoms with E-state index in [1.807, 2.05) is 4.72 Å². The second-order valence-electron chi connectivity index (χ2n) is 3.83. The van der Waals surface area contributed by atoms with Gasteiger partial charge >= 0.3 is 0 Å². The van der Waals surface area contributed by atoms with Crippen molar-refractivity contribution in [2.24, 2.45) is 0 Å². The monoisotopic (exact) mass is 272 g/mol. The molecule has 0 aromatic heterocycles. The predicted molar refractivity (Wildman–Crippen MR) is 64.6 cm³/mol. The largest absolute Gasteiger partial charge is 0.270 e. The minimum atomic E-state index is -3.75. The number of amides is 1. The molecule has 18 heavy (non-hydrogen) atoms. The summed E-state index contributed by atoms with van der Waals surface area (Å²) in [5.74, 6) is -0.882. The van der Waals surface area contributed by atoms with Crippen molar-refractivity contribution in [3.8, 4) is 0 Å². The molecule has 8 heteroatoms. The standard InChI is InChI=1S/C10H12N2O5S/c1-7(2)18(16,17)11-10(13)8-4-3-5-9(6-8)12(14)15/h3-7H,1-2H3,(H,11,13). The Kier molecular flexibility index (Phi) is 4.02. The molecule has 1 amide bonds. The molecule has 0 heterocycles. The number of nitrogens with one attached hydrogen (secondary N) is 1. The molecule has 7 nitrogen and oxygen atoms in total. The zero-order chi connectivity index (χ0) is 13.9. The van der Waals surface area contributed by atoms with Crippen LogP contribution in [0.15, 0.2) is 24.3 Å². The molecule has 1 aromatic carbocycles. The molecule has 0 unspecified atom stereocenters. The van der Waals surface area contributed by atoms with Gasteiger partial charge in [0.15, 0.2) is 0 Å². The number of carbonyl (C=O) groups excluding carboxylic acids is 1. The van der Waals surface area contributed by atoms with Crippen LogP contribution < -0.4 is 4.72 Å². The van der Waals surface area contributed by atoms with E-state index in [9.17, 15) is 23.3 Å². The lowest BCUT2D eigenvalue weighted by Gasteiger charge is -2.09. The first-order valence-corrected chi connectivity index (χ1v) is 6.59. The van der Waals surface area contributed by atoms with Gasteiger partial charge in [-0.05, 0) is 19.9 Å². The van der Waals surface area contributed by atoms with Crippen LogP contribution in [0.3, 0.4) is 0 Å². The van der Waals surface area contributed by atoms with E-state index in [0.717, 1.165) is 6.07 Å². The van der Waals surface area contributed by atoms with E-state index >= 15 is 0 Å². The van der Waals surface area contributed by atoms with Crippen LogP contribution in [-0.4, -0.2) is 24.5 Å². The number of sulfonamides is 1. The highest BCUT2D eigenvalue weighted by Gasteiger charge is 2.20. The summed E-state index contributed by atoms with van der Waals surface area (Å²) >= 11 is 0. The molecule has 0 aliphatic carbocycles. The third-order valence-electron chi connectivity index (χ3n) is 2.17. The normalized spacial score (nSPS) is 11.3. The molecule has 0 aliphatic heterocycles. The Morgan fingerprint density at radius 3 is 2.50 bits per heavy atom. The molecule has 0 saturated heterocycles. The quantitative estimate of drug-likeness (QED) is 0.651.